The molecule has 1 aromatic heterocycles. The van der Waals surface area contributed by atoms with Crippen LogP contribution in [-0.2, 0) is 4.79 Å². The van der Waals surface area contributed by atoms with Gasteiger partial charge < -0.3 is 15.1 Å². The molecule has 0 aliphatic carbocycles. The minimum absolute atomic E-state index is 0.118. The molecule has 2 aliphatic rings. The first-order valence-electron chi connectivity index (χ1n) is 9.53. The van der Waals surface area contributed by atoms with Crippen molar-refractivity contribution in [3.63, 3.8) is 0 Å². The second-order valence-corrected chi connectivity index (χ2v) is 7.59. The second-order valence-electron chi connectivity index (χ2n) is 7.59. The molecule has 0 bridgehead atoms. The summed E-state index contributed by atoms with van der Waals surface area (Å²) in [5, 5.41) is 21.9. The molecule has 2 saturated heterocycles. The van der Waals surface area contributed by atoms with Gasteiger partial charge in [-0.2, -0.15) is 10.5 Å². The summed E-state index contributed by atoms with van der Waals surface area (Å²) in [4.78, 5) is 20.7. The molecular formula is C21H24N6O. The van der Waals surface area contributed by atoms with Crippen LogP contribution in [0, 0.1) is 35.0 Å². The Morgan fingerprint density at radius 2 is 2.07 bits per heavy atom. The average molecular weight is 376 g/mol. The van der Waals surface area contributed by atoms with Crippen molar-refractivity contribution in [3.05, 3.63) is 23.9 Å². The van der Waals surface area contributed by atoms with Crippen LogP contribution in [0.5, 0.6) is 0 Å². The van der Waals surface area contributed by atoms with E-state index in [2.05, 4.69) is 40.2 Å². The summed E-state index contributed by atoms with van der Waals surface area (Å²) in [6, 6.07) is 7.19. The molecule has 2 atom stereocenters. The van der Waals surface area contributed by atoms with Gasteiger partial charge in [-0.25, -0.2) is 4.98 Å². The quantitative estimate of drug-likeness (QED) is 0.799. The maximum atomic E-state index is 12.7. The molecule has 7 heteroatoms. The first kappa shape index (κ1) is 19.7. The molecule has 1 amide bonds. The highest BCUT2D eigenvalue weighted by Gasteiger charge is 2.37. The molecular weight excluding hydrogens is 352 g/mol. The SMILES string of the molecule is C#C[C@@H]1CCC(C#N)N1C(=O)CNC1(C)CCN(c2ncccc2C#N)CC1. The number of likely N-dealkylation sites (tertiary alicyclic amines) is 1. The highest BCUT2D eigenvalue weighted by Crippen LogP contribution is 2.27. The summed E-state index contributed by atoms with van der Waals surface area (Å²) >= 11 is 0. The van der Waals surface area contributed by atoms with Crippen molar-refractivity contribution >= 4 is 11.7 Å². The predicted octanol–water partition coefficient (Wildman–Crippen LogP) is 1.42. The zero-order valence-electron chi connectivity index (χ0n) is 16.1. The van der Waals surface area contributed by atoms with E-state index in [-0.39, 0.29) is 24.0 Å². The van der Waals surface area contributed by atoms with Crippen molar-refractivity contribution in [3.8, 4) is 24.5 Å². The molecule has 2 fully saturated rings. The van der Waals surface area contributed by atoms with Gasteiger partial charge in [0.25, 0.3) is 0 Å². The topological polar surface area (TPSA) is 96.1 Å². The molecule has 7 nitrogen and oxygen atoms in total. The number of nitrogens with one attached hydrogen (secondary N) is 1. The third kappa shape index (κ3) is 3.93. The highest BCUT2D eigenvalue weighted by molar-refractivity contribution is 5.80. The second kappa shape index (κ2) is 8.30. The van der Waals surface area contributed by atoms with Gasteiger partial charge in [-0.15, -0.1) is 6.42 Å². The fraction of sp³-hybridized carbons (Fsp3) is 0.524. The van der Waals surface area contributed by atoms with Crippen LogP contribution in [0.4, 0.5) is 5.82 Å². The molecule has 144 valence electrons. The van der Waals surface area contributed by atoms with Crippen molar-refractivity contribution in [1.29, 1.82) is 10.5 Å². The monoisotopic (exact) mass is 376 g/mol. The lowest BCUT2D eigenvalue weighted by Crippen LogP contribution is -2.55. The summed E-state index contributed by atoms with van der Waals surface area (Å²) in [6.45, 7) is 3.77. The summed E-state index contributed by atoms with van der Waals surface area (Å²) < 4.78 is 0. The van der Waals surface area contributed by atoms with Crippen molar-refractivity contribution in [2.45, 2.75) is 50.2 Å². The van der Waals surface area contributed by atoms with Crippen LogP contribution >= 0.6 is 0 Å². The Morgan fingerprint density at radius 1 is 1.36 bits per heavy atom. The summed E-state index contributed by atoms with van der Waals surface area (Å²) in [5.41, 5.74) is 0.382. The lowest BCUT2D eigenvalue weighted by atomic mass is 9.89. The Bertz CT molecular complexity index is 831. The molecule has 3 heterocycles. The van der Waals surface area contributed by atoms with Gasteiger partial charge in [0, 0.05) is 24.8 Å². The van der Waals surface area contributed by atoms with Crippen LogP contribution in [0.2, 0.25) is 0 Å². The maximum Gasteiger partial charge on any atom is 0.238 e. The molecule has 0 saturated carbocycles. The number of hydrogen-bond acceptors (Lipinski definition) is 6. The van der Waals surface area contributed by atoms with Gasteiger partial charge in [0.1, 0.15) is 17.9 Å². The van der Waals surface area contributed by atoms with E-state index in [0.29, 0.717) is 24.2 Å². The van der Waals surface area contributed by atoms with E-state index in [4.69, 9.17) is 6.42 Å². The Labute approximate surface area is 165 Å². The first-order chi connectivity index (χ1) is 13.5. The van der Waals surface area contributed by atoms with E-state index in [1.54, 1.807) is 23.2 Å². The molecule has 1 aromatic rings. The molecule has 0 aromatic carbocycles. The molecule has 0 radical (unpaired) electrons. The van der Waals surface area contributed by atoms with Gasteiger partial charge in [-0.05, 0) is 44.7 Å². The van der Waals surface area contributed by atoms with Gasteiger partial charge >= 0.3 is 0 Å². The molecule has 0 spiro atoms. The Morgan fingerprint density at radius 3 is 2.71 bits per heavy atom. The Kier molecular flexibility index (Phi) is 5.83. The normalized spacial score (nSPS) is 23.5. The van der Waals surface area contributed by atoms with Crippen LogP contribution in [0.15, 0.2) is 18.3 Å². The van der Waals surface area contributed by atoms with Gasteiger partial charge in [0.2, 0.25) is 5.91 Å². The van der Waals surface area contributed by atoms with Crippen LogP contribution in [0.1, 0.15) is 38.2 Å². The number of rotatable bonds is 4. The number of pyridine rings is 1. The fourth-order valence-corrected chi connectivity index (χ4v) is 3.95. The minimum Gasteiger partial charge on any atom is -0.355 e. The summed E-state index contributed by atoms with van der Waals surface area (Å²) in [5.74, 6) is 3.23. The zero-order chi connectivity index (χ0) is 20.1. The van der Waals surface area contributed by atoms with E-state index in [1.807, 2.05) is 0 Å². The third-order valence-corrected chi connectivity index (χ3v) is 5.75. The van der Waals surface area contributed by atoms with Gasteiger partial charge in [0.05, 0.1) is 24.2 Å². The fourth-order valence-electron chi connectivity index (χ4n) is 3.95. The number of carbonyl (C=O) groups excluding carboxylic acids is 1. The van der Waals surface area contributed by atoms with Crippen molar-refractivity contribution in [2.24, 2.45) is 0 Å². The number of terminal acetylenes is 1. The Balaban J connectivity index is 1.58. The van der Waals surface area contributed by atoms with Gasteiger partial charge in [0.15, 0.2) is 0 Å². The van der Waals surface area contributed by atoms with Crippen LogP contribution in [0.3, 0.4) is 0 Å². The number of aromatic nitrogens is 1. The van der Waals surface area contributed by atoms with Gasteiger partial charge in [-0.1, -0.05) is 5.92 Å². The standard InChI is InChI=1S/C21H24N6O/c1-3-17-6-7-18(14-23)27(17)19(28)15-25-21(2)8-11-26(12-9-21)20-16(13-22)5-4-10-24-20/h1,4-5,10,17-18,25H,6-9,11-12,15H2,2H3/t17-,18?/m1/s1. The number of piperidine rings is 1. The molecule has 2 aliphatic heterocycles. The number of hydrogen-bond donors (Lipinski definition) is 1. The number of nitriles is 2. The highest BCUT2D eigenvalue weighted by atomic mass is 16.2. The van der Waals surface area contributed by atoms with Crippen LogP contribution in [0.25, 0.3) is 0 Å². The third-order valence-electron chi connectivity index (χ3n) is 5.75. The summed E-state index contributed by atoms with van der Waals surface area (Å²) in [7, 11) is 0. The minimum atomic E-state index is -0.432. The average Bonchev–Trinajstić information content (AvgIpc) is 3.16. The zero-order valence-corrected chi connectivity index (χ0v) is 16.1. The first-order valence-corrected chi connectivity index (χ1v) is 9.53. The van der Waals surface area contributed by atoms with E-state index < -0.39 is 6.04 Å². The van der Waals surface area contributed by atoms with Crippen molar-refractivity contribution < 1.29 is 4.79 Å². The van der Waals surface area contributed by atoms with E-state index in [1.165, 1.54) is 0 Å². The molecule has 1 unspecified atom stereocenters. The Hall–Kier alpha value is -3.08. The largest absolute Gasteiger partial charge is 0.355 e. The number of nitrogens with zero attached hydrogens (tertiary/aromatic N) is 5. The number of carbonyl (C=O) groups is 1. The van der Waals surface area contributed by atoms with Crippen molar-refractivity contribution in [1.82, 2.24) is 15.2 Å². The number of anilines is 1. The summed E-state index contributed by atoms with van der Waals surface area (Å²) in [6.07, 6.45) is 10.2. The smallest absolute Gasteiger partial charge is 0.238 e. The predicted molar refractivity (Wildman–Crippen MR) is 105 cm³/mol. The van der Waals surface area contributed by atoms with Crippen LogP contribution in [-0.4, -0.2) is 53.0 Å². The van der Waals surface area contributed by atoms with E-state index in [0.717, 1.165) is 25.9 Å². The van der Waals surface area contributed by atoms with Gasteiger partial charge in [-0.3, -0.25) is 4.79 Å². The van der Waals surface area contributed by atoms with Crippen molar-refractivity contribution in [2.75, 3.05) is 24.5 Å². The molecule has 1 N–H and O–H groups in total. The molecule has 3 rings (SSSR count). The van der Waals surface area contributed by atoms with E-state index in [9.17, 15) is 15.3 Å². The maximum absolute atomic E-state index is 12.7. The van der Waals surface area contributed by atoms with E-state index >= 15 is 0 Å². The van der Waals surface area contributed by atoms with Crippen LogP contribution < -0.4 is 10.2 Å². The molecule has 28 heavy (non-hydrogen) atoms. The lowest BCUT2D eigenvalue weighted by molar-refractivity contribution is -0.131. The number of amides is 1. The lowest BCUT2D eigenvalue weighted by Gasteiger charge is -2.41.